The number of benzene rings is 1. The van der Waals surface area contributed by atoms with Gasteiger partial charge in [0.25, 0.3) is 0 Å². The third-order valence-electron chi connectivity index (χ3n) is 5.79. The van der Waals surface area contributed by atoms with Crippen molar-refractivity contribution in [1.29, 1.82) is 0 Å². The summed E-state index contributed by atoms with van der Waals surface area (Å²) in [7, 11) is 1.94. The molecule has 0 unspecified atom stereocenters. The smallest absolute Gasteiger partial charge is 0.225 e. The van der Waals surface area contributed by atoms with Crippen LogP contribution in [0.15, 0.2) is 18.2 Å². The van der Waals surface area contributed by atoms with Gasteiger partial charge in [0.2, 0.25) is 11.8 Å². The number of halogens is 1. The predicted octanol–water partition coefficient (Wildman–Crippen LogP) is 3.06. The van der Waals surface area contributed by atoms with Gasteiger partial charge in [-0.3, -0.25) is 9.59 Å². The summed E-state index contributed by atoms with van der Waals surface area (Å²) in [4.78, 5) is 28.3. The number of rotatable bonds is 4. The van der Waals surface area contributed by atoms with E-state index in [4.69, 9.17) is 11.6 Å². The molecule has 2 saturated heterocycles. The lowest BCUT2D eigenvalue weighted by Gasteiger charge is -2.43. The van der Waals surface area contributed by atoms with Crippen LogP contribution >= 0.6 is 11.6 Å². The predicted molar refractivity (Wildman–Crippen MR) is 99.8 cm³/mol. The Morgan fingerprint density at radius 3 is 2.60 bits per heavy atom. The lowest BCUT2D eigenvalue weighted by molar-refractivity contribution is -0.130. The van der Waals surface area contributed by atoms with E-state index in [9.17, 15) is 9.59 Å². The summed E-state index contributed by atoms with van der Waals surface area (Å²) >= 11 is 6.09. The fourth-order valence-corrected chi connectivity index (χ4v) is 4.05. The van der Waals surface area contributed by atoms with E-state index >= 15 is 0 Å². The lowest BCUT2D eigenvalue weighted by Crippen LogP contribution is -2.51. The average molecular weight is 364 g/mol. The molecule has 6 heteroatoms. The van der Waals surface area contributed by atoms with E-state index in [1.165, 1.54) is 0 Å². The Labute approximate surface area is 154 Å². The zero-order valence-electron chi connectivity index (χ0n) is 15.0. The van der Waals surface area contributed by atoms with Gasteiger partial charge < -0.3 is 15.1 Å². The van der Waals surface area contributed by atoms with Crippen LogP contribution in [0.3, 0.4) is 0 Å². The number of nitrogens with one attached hydrogen (secondary N) is 1. The molecule has 1 N–H and O–H groups in total. The number of aryl methyl sites for hydroxylation is 1. The topological polar surface area (TPSA) is 52.7 Å². The maximum absolute atomic E-state index is 12.2. The molecule has 136 valence electrons. The Hall–Kier alpha value is -1.59. The van der Waals surface area contributed by atoms with Crippen molar-refractivity contribution < 1.29 is 9.59 Å². The molecule has 2 aliphatic rings. The van der Waals surface area contributed by atoms with Gasteiger partial charge in [-0.05, 0) is 43.9 Å². The van der Waals surface area contributed by atoms with Crippen molar-refractivity contribution in [1.82, 2.24) is 9.80 Å². The number of hydrogen-bond acceptors (Lipinski definition) is 3. The Morgan fingerprint density at radius 1 is 1.28 bits per heavy atom. The molecule has 5 nitrogen and oxygen atoms in total. The van der Waals surface area contributed by atoms with E-state index in [1.54, 1.807) is 6.07 Å². The third-order valence-corrected chi connectivity index (χ3v) is 6.19. The molecular formula is C19H26ClN3O2. The summed E-state index contributed by atoms with van der Waals surface area (Å²) in [6, 6.07) is 5.56. The van der Waals surface area contributed by atoms with E-state index in [2.05, 4.69) is 10.2 Å². The number of amides is 2. The van der Waals surface area contributed by atoms with Crippen LogP contribution < -0.4 is 5.32 Å². The van der Waals surface area contributed by atoms with E-state index in [0.29, 0.717) is 17.9 Å². The molecule has 2 amide bonds. The monoisotopic (exact) mass is 363 g/mol. The van der Waals surface area contributed by atoms with E-state index < -0.39 is 0 Å². The second-order valence-electron chi connectivity index (χ2n) is 7.28. The lowest BCUT2D eigenvalue weighted by atomic mass is 9.85. The summed E-state index contributed by atoms with van der Waals surface area (Å²) in [5, 5.41) is 3.57. The van der Waals surface area contributed by atoms with Crippen LogP contribution in [0.5, 0.6) is 0 Å². The molecule has 0 atom stereocenters. The maximum atomic E-state index is 12.2. The Balaban J connectivity index is 1.44. The van der Waals surface area contributed by atoms with Gasteiger partial charge >= 0.3 is 0 Å². The van der Waals surface area contributed by atoms with E-state index in [1.807, 2.05) is 31.0 Å². The van der Waals surface area contributed by atoms with Crippen molar-refractivity contribution >= 4 is 29.1 Å². The molecule has 2 aliphatic heterocycles. The summed E-state index contributed by atoms with van der Waals surface area (Å²) < 4.78 is 0. The molecular weight excluding hydrogens is 338 g/mol. The van der Waals surface area contributed by atoms with Crippen LogP contribution in [0.2, 0.25) is 5.02 Å². The number of hydrogen-bond donors (Lipinski definition) is 1. The first-order valence-electron chi connectivity index (χ1n) is 8.95. The van der Waals surface area contributed by atoms with Gasteiger partial charge in [0.1, 0.15) is 0 Å². The van der Waals surface area contributed by atoms with Gasteiger partial charge in [0, 0.05) is 55.8 Å². The molecule has 25 heavy (non-hydrogen) atoms. The normalized spacial score (nSPS) is 20.3. The minimum atomic E-state index is 0.00775. The zero-order chi connectivity index (χ0) is 18.0. The SMILES string of the molecule is Cc1ccc(NC(=O)CCN2CCC3(CCC(=O)N3C)CC2)cc1Cl. The van der Waals surface area contributed by atoms with Gasteiger partial charge in [-0.2, -0.15) is 0 Å². The summed E-state index contributed by atoms with van der Waals surface area (Å²) in [5.74, 6) is 0.276. The number of anilines is 1. The maximum Gasteiger partial charge on any atom is 0.225 e. The van der Waals surface area contributed by atoms with Crippen molar-refractivity contribution in [2.45, 2.75) is 44.6 Å². The molecule has 2 fully saturated rings. The molecule has 1 spiro atoms. The highest BCUT2D eigenvalue weighted by Crippen LogP contribution is 2.37. The van der Waals surface area contributed by atoms with Crippen molar-refractivity contribution in [2.24, 2.45) is 0 Å². The molecule has 2 heterocycles. The number of likely N-dealkylation sites (tertiary alicyclic amines) is 2. The van der Waals surface area contributed by atoms with Gasteiger partial charge in [0.05, 0.1) is 0 Å². The van der Waals surface area contributed by atoms with Crippen LogP contribution in [-0.4, -0.2) is 53.8 Å². The standard InChI is InChI=1S/C19H26ClN3O2/c1-14-3-4-15(13-16(14)20)21-17(24)6-10-23-11-8-19(9-12-23)7-5-18(25)22(19)2/h3-4,13H,5-12H2,1-2H3,(H,21,24). The molecule has 1 aromatic carbocycles. The molecule has 1 aromatic rings. The molecule has 3 rings (SSSR count). The van der Waals surface area contributed by atoms with Gasteiger partial charge in [-0.25, -0.2) is 0 Å². The number of carbonyl (C=O) groups excluding carboxylic acids is 2. The largest absolute Gasteiger partial charge is 0.340 e. The highest BCUT2D eigenvalue weighted by Gasteiger charge is 2.44. The zero-order valence-corrected chi connectivity index (χ0v) is 15.7. The summed E-state index contributed by atoms with van der Waals surface area (Å²) in [6.45, 7) is 4.58. The third kappa shape index (κ3) is 3.98. The van der Waals surface area contributed by atoms with E-state index in [-0.39, 0.29) is 17.4 Å². The van der Waals surface area contributed by atoms with Crippen molar-refractivity contribution in [3.63, 3.8) is 0 Å². The number of piperidine rings is 1. The highest BCUT2D eigenvalue weighted by molar-refractivity contribution is 6.31. The number of carbonyl (C=O) groups is 2. The van der Waals surface area contributed by atoms with Crippen LogP contribution in [0, 0.1) is 6.92 Å². The van der Waals surface area contributed by atoms with E-state index in [0.717, 1.165) is 50.1 Å². The van der Waals surface area contributed by atoms with Crippen LogP contribution in [0.4, 0.5) is 5.69 Å². The molecule has 0 saturated carbocycles. The Kier molecular flexibility index (Phi) is 5.35. The Bertz CT molecular complexity index is 669. The summed E-state index contributed by atoms with van der Waals surface area (Å²) in [5.41, 5.74) is 1.80. The second-order valence-corrected chi connectivity index (χ2v) is 7.69. The van der Waals surface area contributed by atoms with Gasteiger partial charge in [-0.1, -0.05) is 17.7 Å². The minimum Gasteiger partial charge on any atom is -0.340 e. The first kappa shape index (κ1) is 18.2. The van der Waals surface area contributed by atoms with Crippen molar-refractivity contribution in [3.05, 3.63) is 28.8 Å². The first-order valence-corrected chi connectivity index (χ1v) is 9.32. The van der Waals surface area contributed by atoms with Crippen LogP contribution in [-0.2, 0) is 9.59 Å². The molecule has 0 radical (unpaired) electrons. The van der Waals surface area contributed by atoms with Gasteiger partial charge in [-0.15, -0.1) is 0 Å². The fourth-order valence-electron chi connectivity index (χ4n) is 3.87. The number of nitrogens with zero attached hydrogens (tertiary/aromatic N) is 2. The first-order chi connectivity index (χ1) is 11.9. The quantitative estimate of drug-likeness (QED) is 0.894. The molecule has 0 aromatic heterocycles. The second kappa shape index (κ2) is 7.34. The van der Waals surface area contributed by atoms with Crippen LogP contribution in [0.1, 0.15) is 37.7 Å². The summed E-state index contributed by atoms with van der Waals surface area (Å²) in [6.07, 6.45) is 4.13. The minimum absolute atomic E-state index is 0.00775. The average Bonchev–Trinajstić information content (AvgIpc) is 2.87. The van der Waals surface area contributed by atoms with Crippen molar-refractivity contribution in [3.8, 4) is 0 Å². The van der Waals surface area contributed by atoms with Crippen LogP contribution in [0.25, 0.3) is 0 Å². The molecule has 0 bridgehead atoms. The molecule has 0 aliphatic carbocycles. The van der Waals surface area contributed by atoms with Gasteiger partial charge in [0.15, 0.2) is 0 Å². The Morgan fingerprint density at radius 2 is 2.00 bits per heavy atom. The van der Waals surface area contributed by atoms with Crippen molar-refractivity contribution in [2.75, 3.05) is 32.0 Å². The highest BCUT2D eigenvalue weighted by atomic mass is 35.5. The fraction of sp³-hybridized carbons (Fsp3) is 0.579.